The minimum Gasteiger partial charge on any atom is -0.464 e. The number of nitrogens with one attached hydrogen (secondary N) is 1. The maximum absolute atomic E-state index is 12.4. The molecule has 5 nitrogen and oxygen atoms in total. The molecule has 5 heteroatoms. The molecule has 132 valence electrons. The van der Waals surface area contributed by atoms with E-state index in [1.807, 2.05) is 37.3 Å². The van der Waals surface area contributed by atoms with E-state index in [4.69, 9.17) is 9.47 Å². The predicted molar refractivity (Wildman–Crippen MR) is 91.4 cm³/mol. The molecule has 1 N–H and O–H groups in total. The van der Waals surface area contributed by atoms with Gasteiger partial charge in [0.05, 0.1) is 6.61 Å². The van der Waals surface area contributed by atoms with E-state index in [2.05, 4.69) is 5.32 Å². The molecule has 1 amide bonds. The Kier molecular flexibility index (Phi) is 6.64. The van der Waals surface area contributed by atoms with Crippen LogP contribution >= 0.6 is 0 Å². The minimum atomic E-state index is -0.666. The summed E-state index contributed by atoms with van der Waals surface area (Å²) in [6, 6.07) is 8.80. The molecule has 1 unspecified atom stereocenters. The zero-order valence-electron chi connectivity index (χ0n) is 14.5. The number of benzene rings is 1. The zero-order chi connectivity index (χ0) is 17.4. The van der Waals surface area contributed by atoms with Gasteiger partial charge in [-0.15, -0.1) is 0 Å². The number of ether oxygens (including phenoxy) is 2. The third-order valence-electron chi connectivity index (χ3n) is 4.69. The molecule has 0 aliphatic heterocycles. The number of carbonyl (C=O) groups excluding carboxylic acids is 2. The van der Waals surface area contributed by atoms with E-state index in [1.165, 1.54) is 6.42 Å². The molecule has 1 saturated carbocycles. The van der Waals surface area contributed by atoms with Crippen LogP contribution in [0.3, 0.4) is 0 Å². The number of carbonyl (C=O) groups is 2. The van der Waals surface area contributed by atoms with Crippen LogP contribution in [0.5, 0.6) is 0 Å². The van der Waals surface area contributed by atoms with Gasteiger partial charge in [0.15, 0.2) is 0 Å². The molecule has 1 atom stereocenters. The summed E-state index contributed by atoms with van der Waals surface area (Å²) in [5.41, 5.74) is 0.625. The van der Waals surface area contributed by atoms with Crippen molar-refractivity contribution in [1.82, 2.24) is 5.32 Å². The molecule has 1 aliphatic rings. The van der Waals surface area contributed by atoms with E-state index in [0.717, 1.165) is 31.2 Å². The van der Waals surface area contributed by atoms with Crippen LogP contribution in [0.2, 0.25) is 0 Å². The van der Waals surface area contributed by atoms with Crippen molar-refractivity contribution in [2.24, 2.45) is 5.41 Å². The highest BCUT2D eigenvalue weighted by Gasteiger charge is 2.42. The maximum Gasteiger partial charge on any atom is 0.408 e. The van der Waals surface area contributed by atoms with Gasteiger partial charge in [-0.2, -0.15) is 0 Å². The van der Waals surface area contributed by atoms with Crippen LogP contribution in [-0.2, 0) is 20.9 Å². The average molecular weight is 333 g/mol. The first-order valence-corrected chi connectivity index (χ1v) is 8.69. The summed E-state index contributed by atoms with van der Waals surface area (Å²) in [5.74, 6) is -0.376. The largest absolute Gasteiger partial charge is 0.464 e. The van der Waals surface area contributed by atoms with Crippen molar-refractivity contribution in [3.63, 3.8) is 0 Å². The Hall–Kier alpha value is -2.04. The first-order chi connectivity index (χ1) is 11.5. The standard InChI is InChI=1S/C19H27NO4/c1-3-23-17(21)16(19(2)12-8-5-9-13-19)20-18(22)24-14-15-10-6-4-7-11-15/h4,6-7,10-11,16H,3,5,8-9,12-14H2,1-2H3,(H,20,22). The smallest absolute Gasteiger partial charge is 0.408 e. The van der Waals surface area contributed by atoms with E-state index in [0.29, 0.717) is 6.61 Å². The van der Waals surface area contributed by atoms with Gasteiger partial charge < -0.3 is 14.8 Å². The van der Waals surface area contributed by atoms with Gasteiger partial charge in [0.1, 0.15) is 12.6 Å². The lowest BCUT2D eigenvalue weighted by molar-refractivity contribution is -0.149. The number of amides is 1. The molecule has 1 fully saturated rings. The highest BCUT2D eigenvalue weighted by atomic mass is 16.6. The molecule has 1 aromatic rings. The van der Waals surface area contributed by atoms with Crippen LogP contribution in [0.25, 0.3) is 0 Å². The molecule has 1 aliphatic carbocycles. The van der Waals surface area contributed by atoms with E-state index in [-0.39, 0.29) is 18.0 Å². The van der Waals surface area contributed by atoms with Crippen molar-refractivity contribution in [2.75, 3.05) is 6.61 Å². The molecule has 0 radical (unpaired) electrons. The van der Waals surface area contributed by atoms with E-state index < -0.39 is 12.1 Å². The molecule has 24 heavy (non-hydrogen) atoms. The Morgan fingerprint density at radius 1 is 1.12 bits per heavy atom. The van der Waals surface area contributed by atoms with Crippen LogP contribution in [0.1, 0.15) is 51.5 Å². The topological polar surface area (TPSA) is 64.6 Å². The van der Waals surface area contributed by atoms with Gasteiger partial charge in [0.2, 0.25) is 0 Å². The Bertz CT molecular complexity index is 538. The Morgan fingerprint density at radius 2 is 1.79 bits per heavy atom. The molecule has 0 aromatic heterocycles. The SMILES string of the molecule is CCOC(=O)C(NC(=O)OCc1ccccc1)C1(C)CCCCC1. The number of hydrogen-bond donors (Lipinski definition) is 1. The summed E-state index contributed by atoms with van der Waals surface area (Å²) < 4.78 is 10.4. The van der Waals surface area contributed by atoms with Crippen molar-refractivity contribution in [2.45, 2.75) is 58.6 Å². The summed E-state index contributed by atoms with van der Waals surface area (Å²) in [6.07, 6.45) is 4.51. The van der Waals surface area contributed by atoms with Gasteiger partial charge in [-0.1, -0.05) is 56.5 Å². The summed E-state index contributed by atoms with van der Waals surface area (Å²) in [5, 5.41) is 2.75. The molecule has 2 rings (SSSR count). The minimum absolute atomic E-state index is 0.179. The van der Waals surface area contributed by atoms with E-state index in [9.17, 15) is 9.59 Å². The van der Waals surface area contributed by atoms with Gasteiger partial charge in [-0.05, 0) is 30.7 Å². The normalized spacial score (nSPS) is 17.6. The monoisotopic (exact) mass is 333 g/mol. The number of alkyl carbamates (subject to hydrolysis) is 1. The van der Waals surface area contributed by atoms with Crippen molar-refractivity contribution in [1.29, 1.82) is 0 Å². The first kappa shape index (κ1) is 18.3. The van der Waals surface area contributed by atoms with Crippen LogP contribution in [0, 0.1) is 5.41 Å². The van der Waals surface area contributed by atoms with Gasteiger partial charge in [-0.25, -0.2) is 9.59 Å². The fourth-order valence-electron chi connectivity index (χ4n) is 3.27. The van der Waals surface area contributed by atoms with Crippen molar-refractivity contribution in [3.05, 3.63) is 35.9 Å². The molecule has 0 saturated heterocycles. The molecule has 0 spiro atoms. The quantitative estimate of drug-likeness (QED) is 0.804. The predicted octanol–water partition coefficient (Wildman–Crippen LogP) is 3.81. The fraction of sp³-hybridized carbons (Fsp3) is 0.579. The van der Waals surface area contributed by atoms with Crippen molar-refractivity contribution < 1.29 is 19.1 Å². The Morgan fingerprint density at radius 3 is 2.42 bits per heavy atom. The highest BCUT2D eigenvalue weighted by Crippen LogP contribution is 2.39. The van der Waals surface area contributed by atoms with Gasteiger partial charge >= 0.3 is 12.1 Å². The van der Waals surface area contributed by atoms with Crippen LogP contribution in [0.4, 0.5) is 4.79 Å². The summed E-state index contributed by atoms with van der Waals surface area (Å²) >= 11 is 0. The number of rotatable bonds is 6. The van der Waals surface area contributed by atoms with Crippen LogP contribution < -0.4 is 5.32 Å². The second-order valence-electron chi connectivity index (χ2n) is 6.61. The number of esters is 1. The summed E-state index contributed by atoms with van der Waals surface area (Å²) in [6.45, 7) is 4.29. The lowest BCUT2D eigenvalue weighted by Crippen LogP contribution is -2.53. The maximum atomic E-state index is 12.4. The third-order valence-corrected chi connectivity index (χ3v) is 4.69. The lowest BCUT2D eigenvalue weighted by Gasteiger charge is -2.39. The Labute approximate surface area is 143 Å². The third kappa shape index (κ3) is 4.98. The highest BCUT2D eigenvalue weighted by molar-refractivity contribution is 5.82. The zero-order valence-corrected chi connectivity index (χ0v) is 14.5. The molecular formula is C19H27NO4. The molecule has 1 aromatic carbocycles. The molecule has 0 heterocycles. The summed E-state index contributed by atoms with van der Waals surface area (Å²) in [4.78, 5) is 24.5. The van der Waals surface area contributed by atoms with Gasteiger partial charge in [-0.3, -0.25) is 0 Å². The second-order valence-corrected chi connectivity index (χ2v) is 6.61. The summed E-state index contributed by atoms with van der Waals surface area (Å²) in [7, 11) is 0. The first-order valence-electron chi connectivity index (χ1n) is 8.69. The fourth-order valence-corrected chi connectivity index (χ4v) is 3.27. The van der Waals surface area contributed by atoms with Gasteiger partial charge in [0.25, 0.3) is 0 Å². The molecule has 0 bridgehead atoms. The van der Waals surface area contributed by atoms with E-state index >= 15 is 0 Å². The second kappa shape index (κ2) is 8.71. The van der Waals surface area contributed by atoms with Crippen molar-refractivity contribution >= 4 is 12.1 Å². The Balaban J connectivity index is 1.98. The van der Waals surface area contributed by atoms with Crippen molar-refractivity contribution in [3.8, 4) is 0 Å². The lowest BCUT2D eigenvalue weighted by atomic mass is 9.70. The average Bonchev–Trinajstić information content (AvgIpc) is 2.59. The van der Waals surface area contributed by atoms with E-state index in [1.54, 1.807) is 6.92 Å². The van der Waals surface area contributed by atoms with Crippen LogP contribution in [-0.4, -0.2) is 24.7 Å². The molecular weight excluding hydrogens is 306 g/mol. The van der Waals surface area contributed by atoms with Gasteiger partial charge in [0, 0.05) is 0 Å². The number of hydrogen-bond acceptors (Lipinski definition) is 4. The van der Waals surface area contributed by atoms with Crippen LogP contribution in [0.15, 0.2) is 30.3 Å².